The van der Waals surface area contributed by atoms with Crippen LogP contribution in [0.3, 0.4) is 0 Å². The number of hydrogen-bond acceptors (Lipinski definition) is 4. The van der Waals surface area contributed by atoms with E-state index in [1.54, 1.807) is 0 Å². The van der Waals surface area contributed by atoms with Gasteiger partial charge in [0.15, 0.2) is 0 Å². The third-order valence-corrected chi connectivity index (χ3v) is 7.27. The van der Waals surface area contributed by atoms with Crippen molar-refractivity contribution in [2.24, 2.45) is 0 Å². The summed E-state index contributed by atoms with van der Waals surface area (Å²) >= 11 is 0. The second kappa shape index (κ2) is 10.3. The van der Waals surface area contributed by atoms with Crippen molar-refractivity contribution >= 4 is 44.3 Å². The number of hydrogen-bond donors (Lipinski definition) is 0. The van der Waals surface area contributed by atoms with Gasteiger partial charge in [-0.05, 0) is 39.9 Å². The van der Waals surface area contributed by atoms with E-state index in [0.717, 1.165) is 61.2 Å². The highest BCUT2D eigenvalue weighted by Crippen LogP contribution is 2.53. The Kier molecular flexibility index (Phi) is 6.53. The topological polar surface area (TPSA) is 52.6 Å². The number of carbonyl (C=O) groups excluding carboxylic acids is 2. The summed E-state index contributed by atoms with van der Waals surface area (Å²) in [6, 6.07) is 34.4. The van der Waals surface area contributed by atoms with Crippen LogP contribution < -0.4 is 9.47 Å². The maximum Gasteiger partial charge on any atom is 0.308 e. The predicted octanol–water partition coefficient (Wildman–Crippen LogP) is 8.89. The Balaban J connectivity index is 2.01. The van der Waals surface area contributed by atoms with Gasteiger partial charge in [0, 0.05) is 46.5 Å². The van der Waals surface area contributed by atoms with Crippen LogP contribution in [0.15, 0.2) is 103 Å². The van der Waals surface area contributed by atoms with Crippen molar-refractivity contribution in [3.63, 3.8) is 0 Å². The van der Waals surface area contributed by atoms with Gasteiger partial charge in [-0.3, -0.25) is 9.59 Å². The highest BCUT2D eigenvalue weighted by molar-refractivity contribution is 6.29. The molecular weight excluding hydrogens is 496 g/mol. The zero-order chi connectivity index (χ0) is 27.8. The molecule has 0 aliphatic carbocycles. The van der Waals surface area contributed by atoms with Crippen LogP contribution in [-0.4, -0.2) is 11.9 Å². The van der Waals surface area contributed by atoms with Crippen LogP contribution in [0.1, 0.15) is 26.3 Å². The molecule has 0 unspecified atom stereocenters. The first kappa shape index (κ1) is 25.3. The monoisotopic (exact) mass is 524 g/mol. The van der Waals surface area contributed by atoms with Crippen LogP contribution in [0.4, 0.5) is 0 Å². The molecule has 0 heterocycles. The molecule has 196 valence electrons. The average Bonchev–Trinajstić information content (AvgIpc) is 2.97. The molecule has 0 amide bonds. The molecule has 0 aliphatic heterocycles. The molecule has 0 aliphatic rings. The number of rotatable bonds is 5. The summed E-state index contributed by atoms with van der Waals surface area (Å²) in [4.78, 5) is 25.3. The van der Waals surface area contributed by atoms with Crippen molar-refractivity contribution < 1.29 is 19.1 Å². The second-order valence-corrected chi connectivity index (χ2v) is 9.86. The van der Waals surface area contributed by atoms with Crippen molar-refractivity contribution in [2.45, 2.75) is 27.2 Å². The molecule has 40 heavy (non-hydrogen) atoms. The highest BCUT2D eigenvalue weighted by Gasteiger charge is 2.27. The summed E-state index contributed by atoms with van der Waals surface area (Å²) in [5, 5.41) is 4.91. The average molecular weight is 525 g/mol. The molecule has 0 saturated heterocycles. The molecule has 4 nitrogen and oxygen atoms in total. The number of carbonyl (C=O) groups is 2. The molecule has 0 fully saturated rings. The minimum atomic E-state index is -0.421. The third-order valence-electron chi connectivity index (χ3n) is 7.27. The van der Waals surface area contributed by atoms with Gasteiger partial charge in [-0.15, -0.1) is 0 Å². The lowest BCUT2D eigenvalue weighted by Crippen LogP contribution is -2.08. The van der Waals surface area contributed by atoms with E-state index >= 15 is 0 Å². The number of fused-ring (bicyclic) bond motifs is 3. The summed E-state index contributed by atoms with van der Waals surface area (Å²) in [5.41, 5.74) is 4.85. The molecule has 0 spiro atoms. The zero-order valence-corrected chi connectivity index (χ0v) is 22.7. The molecule has 6 rings (SSSR count). The molecule has 4 heteroatoms. The van der Waals surface area contributed by atoms with Crippen LogP contribution >= 0.6 is 0 Å². The molecule has 0 radical (unpaired) electrons. The van der Waals surface area contributed by atoms with Crippen LogP contribution in [0, 0.1) is 0 Å². The number of esters is 2. The van der Waals surface area contributed by atoms with Crippen LogP contribution in [-0.2, 0) is 16.0 Å². The molecule has 0 bridgehead atoms. The number of benzene rings is 6. The van der Waals surface area contributed by atoms with Crippen molar-refractivity contribution in [3.05, 3.63) is 109 Å². The normalized spacial score (nSPS) is 11.2. The van der Waals surface area contributed by atoms with E-state index in [9.17, 15) is 9.59 Å². The fourth-order valence-corrected chi connectivity index (χ4v) is 5.67. The number of aryl methyl sites for hydroxylation is 1. The SMILES string of the molecule is CCc1ccc2c(OC(C)=O)c3c(-c4ccccc4)c4ccccc4c(-c4ccccc4)c3c(OC(C)=O)c2c1. The van der Waals surface area contributed by atoms with Crippen molar-refractivity contribution in [1.82, 2.24) is 0 Å². The van der Waals surface area contributed by atoms with E-state index in [4.69, 9.17) is 9.47 Å². The summed E-state index contributed by atoms with van der Waals surface area (Å²) in [6.07, 6.45) is 0.801. The summed E-state index contributed by atoms with van der Waals surface area (Å²) in [6.45, 7) is 4.92. The van der Waals surface area contributed by atoms with E-state index in [1.165, 1.54) is 13.8 Å². The third kappa shape index (κ3) is 4.28. The Morgan fingerprint density at radius 1 is 0.550 bits per heavy atom. The smallest absolute Gasteiger partial charge is 0.308 e. The Labute approximate surface area is 232 Å². The predicted molar refractivity (Wildman–Crippen MR) is 162 cm³/mol. The van der Waals surface area contributed by atoms with Gasteiger partial charge >= 0.3 is 11.9 Å². The minimum absolute atomic E-state index is 0.418. The summed E-state index contributed by atoms with van der Waals surface area (Å²) in [5.74, 6) is 0.0809. The van der Waals surface area contributed by atoms with Gasteiger partial charge in [0.25, 0.3) is 0 Å². The fraction of sp³-hybridized carbons (Fsp3) is 0.111. The second-order valence-electron chi connectivity index (χ2n) is 9.86. The minimum Gasteiger partial charge on any atom is -0.425 e. The Morgan fingerprint density at radius 2 is 1.00 bits per heavy atom. The van der Waals surface area contributed by atoms with Crippen molar-refractivity contribution in [1.29, 1.82) is 0 Å². The lowest BCUT2D eigenvalue weighted by molar-refractivity contribution is -0.132. The van der Waals surface area contributed by atoms with E-state index < -0.39 is 11.9 Å². The first-order valence-electron chi connectivity index (χ1n) is 13.4. The standard InChI is InChI=1S/C36H28O4/c1-4-24-19-20-29-30(21-24)36(40-23(3)38)34-32(26-15-9-6-10-16-26)28-18-12-11-17-27(28)31(25-13-7-5-8-14-25)33(34)35(29)39-22(2)37/h5-21H,4H2,1-3H3. The van der Waals surface area contributed by atoms with Gasteiger partial charge in [0.2, 0.25) is 0 Å². The molecule has 0 saturated carbocycles. The van der Waals surface area contributed by atoms with Crippen molar-refractivity contribution in [3.8, 4) is 33.8 Å². The van der Waals surface area contributed by atoms with Gasteiger partial charge in [-0.2, -0.15) is 0 Å². The lowest BCUT2D eigenvalue weighted by Gasteiger charge is -2.23. The molecule has 0 aromatic heterocycles. The van der Waals surface area contributed by atoms with Gasteiger partial charge in [0.1, 0.15) is 11.5 Å². The lowest BCUT2D eigenvalue weighted by atomic mass is 9.83. The first-order valence-corrected chi connectivity index (χ1v) is 13.4. The summed E-state index contributed by atoms with van der Waals surface area (Å²) in [7, 11) is 0. The number of ether oxygens (including phenoxy) is 2. The van der Waals surface area contributed by atoms with Crippen LogP contribution in [0.2, 0.25) is 0 Å². The summed E-state index contributed by atoms with van der Waals surface area (Å²) < 4.78 is 12.2. The van der Waals surface area contributed by atoms with Crippen molar-refractivity contribution in [2.75, 3.05) is 0 Å². The molecule has 6 aromatic carbocycles. The van der Waals surface area contributed by atoms with E-state index in [1.807, 2.05) is 66.7 Å². The maximum absolute atomic E-state index is 12.7. The van der Waals surface area contributed by atoms with E-state index in [2.05, 4.69) is 43.3 Å². The maximum atomic E-state index is 12.7. The first-order chi connectivity index (χ1) is 19.5. The Morgan fingerprint density at radius 3 is 1.45 bits per heavy atom. The zero-order valence-electron chi connectivity index (χ0n) is 22.7. The van der Waals surface area contributed by atoms with Gasteiger partial charge in [-0.25, -0.2) is 0 Å². The Bertz CT molecular complexity index is 1920. The molecule has 6 aromatic rings. The molecular formula is C36H28O4. The molecule has 0 N–H and O–H groups in total. The largest absolute Gasteiger partial charge is 0.425 e. The van der Waals surface area contributed by atoms with E-state index in [0.29, 0.717) is 16.9 Å². The van der Waals surface area contributed by atoms with Gasteiger partial charge in [0.05, 0.1) is 0 Å². The highest BCUT2D eigenvalue weighted by atomic mass is 16.5. The quantitative estimate of drug-likeness (QED) is 0.128. The fourth-order valence-electron chi connectivity index (χ4n) is 5.67. The Hall–Kier alpha value is -4.96. The van der Waals surface area contributed by atoms with E-state index in [-0.39, 0.29) is 0 Å². The molecule has 0 atom stereocenters. The van der Waals surface area contributed by atoms with Gasteiger partial charge in [-0.1, -0.05) is 104 Å². The van der Waals surface area contributed by atoms with Gasteiger partial charge < -0.3 is 9.47 Å². The van der Waals surface area contributed by atoms with Crippen LogP contribution in [0.5, 0.6) is 11.5 Å². The van der Waals surface area contributed by atoms with Crippen LogP contribution in [0.25, 0.3) is 54.6 Å².